The van der Waals surface area contributed by atoms with Gasteiger partial charge in [-0.15, -0.1) is 0 Å². The van der Waals surface area contributed by atoms with Crippen LogP contribution in [0.25, 0.3) is 0 Å². The number of ketones is 1. The highest BCUT2D eigenvalue weighted by atomic mass is 16.5. The lowest BCUT2D eigenvalue weighted by atomic mass is 9.70. The summed E-state index contributed by atoms with van der Waals surface area (Å²) in [4.78, 5) is 12.3. The van der Waals surface area contributed by atoms with Gasteiger partial charge in [0.15, 0.2) is 5.78 Å². The van der Waals surface area contributed by atoms with Crippen LogP contribution in [0.5, 0.6) is 5.75 Å². The van der Waals surface area contributed by atoms with Gasteiger partial charge >= 0.3 is 0 Å². The number of benzene rings is 1. The molecule has 1 fully saturated rings. The number of Topliss-reactive ketones (excluding diaryl/α,β-unsaturated/α-hetero) is 1. The highest BCUT2D eigenvalue weighted by Gasteiger charge is 2.44. The van der Waals surface area contributed by atoms with E-state index in [0.29, 0.717) is 12.3 Å². The summed E-state index contributed by atoms with van der Waals surface area (Å²) in [5.74, 6) is 2.41. The summed E-state index contributed by atoms with van der Waals surface area (Å²) in [5.41, 5.74) is 0.534. The summed E-state index contributed by atoms with van der Waals surface area (Å²) in [6, 6.07) is 7.65. The van der Waals surface area contributed by atoms with Gasteiger partial charge in [-0.05, 0) is 43.2 Å². The van der Waals surface area contributed by atoms with Gasteiger partial charge in [-0.1, -0.05) is 26.0 Å². The van der Waals surface area contributed by atoms with Crippen LogP contribution in [0, 0.1) is 11.8 Å². The average molecular weight is 244 g/mol. The number of fused-ring (bicyclic) bond motifs is 1. The Hall–Kier alpha value is -1.31. The second-order valence-electron chi connectivity index (χ2n) is 6.08. The van der Waals surface area contributed by atoms with Gasteiger partial charge in [-0.2, -0.15) is 0 Å². The van der Waals surface area contributed by atoms with E-state index < -0.39 is 0 Å². The minimum atomic E-state index is -0.225. The number of rotatable bonds is 0. The zero-order chi connectivity index (χ0) is 12.8. The number of carbonyl (C=O) groups is 1. The van der Waals surface area contributed by atoms with E-state index >= 15 is 0 Å². The number of carbonyl (C=O) groups excluding carboxylic acids is 1. The fourth-order valence-electron chi connectivity index (χ4n) is 3.36. The standard InChI is InChI=1S/C16H20O2/c1-11-7-8-16(9-12(11)2)10-14(17)13-5-3-4-6-15(13)18-16/h3-6,11-12H,7-10H2,1-2H3. The molecule has 18 heavy (non-hydrogen) atoms. The first-order chi connectivity index (χ1) is 8.60. The maximum absolute atomic E-state index is 12.3. The van der Waals surface area contributed by atoms with Gasteiger partial charge < -0.3 is 4.74 Å². The smallest absolute Gasteiger partial charge is 0.170 e. The number of ether oxygens (including phenoxy) is 1. The molecule has 0 radical (unpaired) electrons. The van der Waals surface area contributed by atoms with E-state index in [0.717, 1.165) is 36.5 Å². The molecule has 0 N–H and O–H groups in total. The van der Waals surface area contributed by atoms with E-state index in [2.05, 4.69) is 13.8 Å². The monoisotopic (exact) mass is 244 g/mol. The van der Waals surface area contributed by atoms with Crippen molar-refractivity contribution in [2.24, 2.45) is 11.8 Å². The molecule has 3 atom stereocenters. The van der Waals surface area contributed by atoms with Gasteiger partial charge in [-0.3, -0.25) is 4.79 Å². The molecule has 0 aromatic heterocycles. The van der Waals surface area contributed by atoms with Crippen molar-refractivity contribution in [1.82, 2.24) is 0 Å². The summed E-state index contributed by atoms with van der Waals surface area (Å²) < 4.78 is 6.23. The molecule has 96 valence electrons. The zero-order valence-electron chi connectivity index (χ0n) is 11.1. The predicted octanol–water partition coefficient (Wildman–Crippen LogP) is 3.85. The summed E-state index contributed by atoms with van der Waals surface area (Å²) in [6.07, 6.45) is 3.74. The minimum Gasteiger partial charge on any atom is -0.486 e. The first-order valence-corrected chi connectivity index (χ1v) is 6.91. The molecule has 1 aromatic carbocycles. The fourth-order valence-corrected chi connectivity index (χ4v) is 3.36. The van der Waals surface area contributed by atoms with Crippen LogP contribution >= 0.6 is 0 Å². The van der Waals surface area contributed by atoms with Crippen molar-refractivity contribution in [3.63, 3.8) is 0 Å². The van der Waals surface area contributed by atoms with E-state index in [1.807, 2.05) is 24.3 Å². The van der Waals surface area contributed by atoms with Crippen molar-refractivity contribution in [2.75, 3.05) is 0 Å². The van der Waals surface area contributed by atoms with Crippen molar-refractivity contribution in [1.29, 1.82) is 0 Å². The Kier molecular flexibility index (Phi) is 2.69. The maximum atomic E-state index is 12.3. The molecule has 1 aliphatic carbocycles. The molecular formula is C16H20O2. The van der Waals surface area contributed by atoms with Crippen LogP contribution in [0.2, 0.25) is 0 Å². The van der Waals surface area contributed by atoms with Gasteiger partial charge in [0, 0.05) is 0 Å². The van der Waals surface area contributed by atoms with Crippen molar-refractivity contribution in [3.05, 3.63) is 29.8 Å². The van der Waals surface area contributed by atoms with Gasteiger partial charge in [0.2, 0.25) is 0 Å². The molecule has 1 heterocycles. The first kappa shape index (κ1) is 11.8. The lowest BCUT2D eigenvalue weighted by Crippen LogP contribution is -2.47. The molecular weight excluding hydrogens is 224 g/mol. The molecule has 0 amide bonds. The highest BCUT2D eigenvalue weighted by Crippen LogP contribution is 2.45. The largest absolute Gasteiger partial charge is 0.486 e. The molecule has 2 heteroatoms. The van der Waals surface area contributed by atoms with E-state index in [1.54, 1.807) is 0 Å². The maximum Gasteiger partial charge on any atom is 0.170 e. The molecule has 0 bridgehead atoms. The first-order valence-electron chi connectivity index (χ1n) is 6.91. The fraction of sp³-hybridized carbons (Fsp3) is 0.562. The van der Waals surface area contributed by atoms with E-state index in [4.69, 9.17) is 4.74 Å². The lowest BCUT2D eigenvalue weighted by molar-refractivity contribution is -0.0152. The third-order valence-electron chi connectivity index (χ3n) is 4.72. The van der Waals surface area contributed by atoms with Gasteiger partial charge in [0.05, 0.1) is 12.0 Å². The van der Waals surface area contributed by atoms with Crippen LogP contribution in [-0.2, 0) is 0 Å². The second-order valence-corrected chi connectivity index (χ2v) is 6.08. The zero-order valence-corrected chi connectivity index (χ0v) is 11.1. The van der Waals surface area contributed by atoms with Crippen molar-refractivity contribution < 1.29 is 9.53 Å². The number of hydrogen-bond donors (Lipinski definition) is 0. The molecule has 3 unspecified atom stereocenters. The van der Waals surface area contributed by atoms with Crippen LogP contribution in [0.3, 0.4) is 0 Å². The third kappa shape index (κ3) is 1.84. The molecule has 2 aliphatic rings. The molecule has 1 saturated carbocycles. The van der Waals surface area contributed by atoms with Crippen molar-refractivity contribution >= 4 is 5.78 Å². The van der Waals surface area contributed by atoms with Crippen LogP contribution in [0.4, 0.5) is 0 Å². The van der Waals surface area contributed by atoms with Crippen LogP contribution < -0.4 is 4.74 Å². The van der Waals surface area contributed by atoms with E-state index in [1.165, 1.54) is 0 Å². The van der Waals surface area contributed by atoms with Crippen LogP contribution in [-0.4, -0.2) is 11.4 Å². The summed E-state index contributed by atoms with van der Waals surface area (Å²) in [7, 11) is 0. The number of hydrogen-bond acceptors (Lipinski definition) is 2. The Morgan fingerprint density at radius 2 is 2.00 bits per heavy atom. The topological polar surface area (TPSA) is 26.3 Å². The van der Waals surface area contributed by atoms with Gasteiger partial charge in [0.25, 0.3) is 0 Å². The highest BCUT2D eigenvalue weighted by molar-refractivity contribution is 6.00. The molecule has 0 saturated heterocycles. The Bertz CT molecular complexity index is 480. The Balaban J connectivity index is 1.92. The average Bonchev–Trinajstić information content (AvgIpc) is 2.35. The second kappa shape index (κ2) is 4.11. The molecule has 2 nitrogen and oxygen atoms in total. The Morgan fingerprint density at radius 3 is 2.78 bits per heavy atom. The van der Waals surface area contributed by atoms with Gasteiger partial charge in [-0.25, -0.2) is 0 Å². The van der Waals surface area contributed by atoms with Crippen LogP contribution in [0.15, 0.2) is 24.3 Å². The van der Waals surface area contributed by atoms with Crippen molar-refractivity contribution in [3.8, 4) is 5.75 Å². The Morgan fingerprint density at radius 1 is 1.22 bits per heavy atom. The van der Waals surface area contributed by atoms with Crippen LogP contribution in [0.1, 0.15) is 49.9 Å². The van der Waals surface area contributed by atoms with E-state index in [9.17, 15) is 4.79 Å². The predicted molar refractivity (Wildman–Crippen MR) is 70.9 cm³/mol. The number of para-hydroxylation sites is 1. The quantitative estimate of drug-likeness (QED) is 0.693. The molecule has 1 aromatic rings. The lowest BCUT2D eigenvalue weighted by Gasteiger charge is -2.44. The van der Waals surface area contributed by atoms with Crippen molar-refractivity contribution in [2.45, 2.75) is 45.1 Å². The Labute approximate surface area is 108 Å². The normalized spacial score (nSPS) is 35.1. The van der Waals surface area contributed by atoms with E-state index in [-0.39, 0.29) is 11.4 Å². The molecule has 1 aliphatic heterocycles. The molecule has 3 rings (SSSR count). The molecule has 1 spiro atoms. The summed E-state index contributed by atoms with van der Waals surface area (Å²) in [5, 5.41) is 0. The SMILES string of the molecule is CC1CCC2(CC(=O)c3ccccc3O2)CC1C. The minimum absolute atomic E-state index is 0.225. The third-order valence-corrected chi connectivity index (χ3v) is 4.72. The summed E-state index contributed by atoms with van der Waals surface area (Å²) >= 11 is 0. The van der Waals surface area contributed by atoms with Gasteiger partial charge in [0.1, 0.15) is 11.4 Å². The summed E-state index contributed by atoms with van der Waals surface area (Å²) in [6.45, 7) is 4.58.